The summed E-state index contributed by atoms with van der Waals surface area (Å²) in [6, 6.07) is 6.98. The maximum Gasteiger partial charge on any atom is 0.277 e. The number of imidazole rings is 1. The number of carbonyl (C=O) groups is 1. The van der Waals surface area contributed by atoms with Gasteiger partial charge < -0.3 is 40.3 Å². The van der Waals surface area contributed by atoms with Gasteiger partial charge in [0.05, 0.1) is 31.5 Å². The average Bonchev–Trinajstić information content (AvgIpc) is 3.51. The summed E-state index contributed by atoms with van der Waals surface area (Å²) in [5.74, 6) is 0.750. The monoisotopic (exact) mass is 715 g/mol. The first-order valence-electron chi connectivity index (χ1n) is 12.4. The first kappa shape index (κ1) is 30.3. The largest absolute Gasteiger partial charge is 1.00 e. The van der Waals surface area contributed by atoms with Crippen LogP contribution in [0.1, 0.15) is 49.0 Å². The van der Waals surface area contributed by atoms with Gasteiger partial charge in [0.15, 0.2) is 22.5 Å². The van der Waals surface area contributed by atoms with Gasteiger partial charge in [-0.3, -0.25) is 9.48 Å². The van der Waals surface area contributed by atoms with Crippen molar-refractivity contribution in [3.63, 3.8) is 0 Å². The zero-order valence-electron chi connectivity index (χ0n) is 21.3. The lowest BCUT2D eigenvalue weighted by Crippen LogP contribution is -3.00. The number of halogens is 3. The normalized spacial score (nSPS) is 13.7. The summed E-state index contributed by atoms with van der Waals surface area (Å²) in [7, 11) is 0. The SMILES string of the molecule is CCn1c(CNC(=O)c2nc(Br)cnc2N)[n+](CC)c2ccc(-c3cnn(C4CCNCC4)c3)cc21.Cl.[I-]. The number of anilines is 1. The number of carbonyl (C=O) groups excluding carboxylic acids is 1. The number of hydrogen-bond acceptors (Lipinski definition) is 6. The lowest BCUT2D eigenvalue weighted by atomic mass is 10.1. The fourth-order valence-electron chi connectivity index (χ4n) is 5.01. The van der Waals surface area contributed by atoms with Gasteiger partial charge in [0.2, 0.25) is 0 Å². The molecule has 0 spiro atoms. The first-order valence-corrected chi connectivity index (χ1v) is 13.2. The first-order chi connectivity index (χ1) is 17.5. The average molecular weight is 717 g/mol. The van der Waals surface area contributed by atoms with E-state index in [1.807, 2.05) is 6.20 Å². The third kappa shape index (κ3) is 5.97. The van der Waals surface area contributed by atoms with Crippen molar-refractivity contribution in [2.75, 3.05) is 18.8 Å². The van der Waals surface area contributed by atoms with Gasteiger partial charge in [0, 0.05) is 11.8 Å². The van der Waals surface area contributed by atoms with Crippen molar-refractivity contribution in [2.24, 2.45) is 0 Å². The van der Waals surface area contributed by atoms with Crippen LogP contribution in [0.4, 0.5) is 5.82 Å². The fourth-order valence-corrected chi connectivity index (χ4v) is 5.29. The molecule has 1 amide bonds. The number of aryl methyl sites for hydroxylation is 2. The zero-order chi connectivity index (χ0) is 25.2. The lowest BCUT2D eigenvalue weighted by Gasteiger charge is -2.22. The van der Waals surface area contributed by atoms with Crippen molar-refractivity contribution in [1.29, 1.82) is 0 Å². The summed E-state index contributed by atoms with van der Waals surface area (Å²) in [5.41, 5.74) is 10.5. The number of nitrogens with zero attached hydrogens (tertiary/aromatic N) is 6. The number of piperidine rings is 1. The van der Waals surface area contributed by atoms with Gasteiger partial charge in [-0.05, 0) is 79.5 Å². The van der Waals surface area contributed by atoms with Crippen LogP contribution in [-0.2, 0) is 19.6 Å². The van der Waals surface area contributed by atoms with E-state index in [2.05, 4.69) is 93.7 Å². The van der Waals surface area contributed by atoms with Gasteiger partial charge in [-0.25, -0.2) is 19.1 Å². The Morgan fingerprint density at radius 3 is 2.71 bits per heavy atom. The molecule has 10 nitrogen and oxygen atoms in total. The molecule has 13 heteroatoms. The number of nitrogens with one attached hydrogen (secondary N) is 2. The molecule has 1 saturated heterocycles. The van der Waals surface area contributed by atoms with Crippen molar-refractivity contribution < 1.29 is 33.3 Å². The Morgan fingerprint density at radius 1 is 1.24 bits per heavy atom. The molecule has 38 heavy (non-hydrogen) atoms. The summed E-state index contributed by atoms with van der Waals surface area (Å²) in [5, 5.41) is 11.1. The van der Waals surface area contributed by atoms with Crippen LogP contribution in [0.5, 0.6) is 0 Å². The number of benzene rings is 1. The highest BCUT2D eigenvalue weighted by Crippen LogP contribution is 2.27. The summed E-state index contributed by atoms with van der Waals surface area (Å²) in [6.07, 6.45) is 7.79. The van der Waals surface area contributed by atoms with Gasteiger partial charge in [0.1, 0.15) is 11.1 Å². The molecule has 4 heterocycles. The summed E-state index contributed by atoms with van der Waals surface area (Å²) < 4.78 is 7.06. The number of rotatable bonds is 7. The van der Waals surface area contributed by atoms with Crippen LogP contribution in [-0.4, -0.2) is 43.3 Å². The predicted octanol–water partition coefficient (Wildman–Crippen LogP) is 0.247. The molecule has 0 saturated carbocycles. The van der Waals surface area contributed by atoms with Crippen molar-refractivity contribution in [3.05, 3.63) is 52.9 Å². The van der Waals surface area contributed by atoms with E-state index in [0.29, 0.717) is 17.2 Å². The van der Waals surface area contributed by atoms with Gasteiger partial charge in [-0.1, -0.05) is 0 Å². The van der Waals surface area contributed by atoms with Gasteiger partial charge in [0.25, 0.3) is 11.7 Å². The minimum Gasteiger partial charge on any atom is -1.00 e. The molecule has 4 aromatic rings. The Hall–Kier alpha value is -2.29. The fraction of sp³-hybridized carbons (Fsp3) is 0.400. The molecule has 4 N–H and O–H groups in total. The summed E-state index contributed by atoms with van der Waals surface area (Å²) in [6.45, 7) is 8.18. The Balaban J connectivity index is 0.00000200. The number of aromatic nitrogens is 6. The van der Waals surface area contributed by atoms with E-state index in [9.17, 15) is 4.79 Å². The summed E-state index contributed by atoms with van der Waals surface area (Å²) >= 11 is 3.25. The molecule has 0 bridgehead atoms. The maximum atomic E-state index is 12.8. The van der Waals surface area contributed by atoms with Crippen LogP contribution in [0.2, 0.25) is 0 Å². The van der Waals surface area contributed by atoms with Crippen LogP contribution in [0.15, 0.2) is 41.4 Å². The minimum atomic E-state index is -0.358. The molecular weight excluding hydrogens is 685 g/mol. The predicted molar refractivity (Wildman–Crippen MR) is 148 cm³/mol. The number of amides is 1. The van der Waals surface area contributed by atoms with Gasteiger partial charge in [-0.15, -0.1) is 12.4 Å². The molecule has 0 radical (unpaired) electrons. The molecule has 5 rings (SSSR count). The number of nitrogens with two attached hydrogens (primary N) is 1. The van der Waals surface area contributed by atoms with E-state index in [1.54, 1.807) is 0 Å². The van der Waals surface area contributed by atoms with E-state index in [1.165, 1.54) is 6.20 Å². The lowest BCUT2D eigenvalue weighted by molar-refractivity contribution is -0.676. The third-order valence-corrected chi connectivity index (χ3v) is 7.21. The zero-order valence-corrected chi connectivity index (χ0v) is 25.9. The molecule has 0 unspecified atom stereocenters. The number of hydrogen-bond donors (Lipinski definition) is 3. The van der Waals surface area contributed by atoms with E-state index < -0.39 is 0 Å². The molecule has 1 aromatic carbocycles. The quantitative estimate of drug-likeness (QED) is 0.187. The van der Waals surface area contributed by atoms with Crippen molar-refractivity contribution in [3.8, 4) is 11.1 Å². The van der Waals surface area contributed by atoms with Crippen LogP contribution in [0.3, 0.4) is 0 Å². The van der Waals surface area contributed by atoms with Crippen molar-refractivity contribution in [2.45, 2.75) is 52.4 Å². The van der Waals surface area contributed by atoms with Crippen LogP contribution >= 0.6 is 28.3 Å². The highest BCUT2D eigenvalue weighted by Gasteiger charge is 2.25. The van der Waals surface area contributed by atoms with Crippen molar-refractivity contribution in [1.82, 2.24) is 34.9 Å². The van der Waals surface area contributed by atoms with Gasteiger partial charge in [-0.2, -0.15) is 5.10 Å². The Kier molecular flexibility index (Phi) is 10.5. The molecule has 1 fully saturated rings. The van der Waals surface area contributed by atoms with E-state index >= 15 is 0 Å². The number of nitrogen functional groups attached to an aromatic ring is 1. The number of fused-ring (bicyclic) bond motifs is 1. The Morgan fingerprint density at radius 2 is 2.00 bits per heavy atom. The highest BCUT2D eigenvalue weighted by molar-refractivity contribution is 9.10. The topological polar surface area (TPSA) is 120 Å². The maximum absolute atomic E-state index is 12.8. The molecule has 204 valence electrons. The second kappa shape index (κ2) is 13.2. The molecule has 1 aliphatic rings. The van der Waals surface area contributed by atoms with Crippen molar-refractivity contribution >= 4 is 51.1 Å². The van der Waals surface area contributed by atoms with E-state index in [0.717, 1.165) is 67.0 Å². The Labute approximate surface area is 253 Å². The molecule has 0 aliphatic carbocycles. The Bertz CT molecular complexity index is 1420. The molecule has 3 aromatic heterocycles. The second-order valence-electron chi connectivity index (χ2n) is 8.91. The summed E-state index contributed by atoms with van der Waals surface area (Å²) in [4.78, 5) is 21.0. The van der Waals surface area contributed by atoms with Gasteiger partial charge >= 0.3 is 0 Å². The van der Waals surface area contributed by atoms with E-state index in [4.69, 9.17) is 5.73 Å². The minimum absolute atomic E-state index is 0. The van der Waals surface area contributed by atoms with Crippen LogP contribution in [0.25, 0.3) is 22.2 Å². The smallest absolute Gasteiger partial charge is 0.277 e. The molecule has 1 aliphatic heterocycles. The van der Waals surface area contributed by atoms with Crippen LogP contribution < -0.4 is 44.9 Å². The molecular formula is C25H32BrClIN9O. The standard InChI is InChI=1S/C25H30BrN9O.ClH.HI/c1-3-33-19-6-5-16(17-12-31-35(15-17)18-7-9-28-10-8-18)11-20(19)34(4-2)22(33)14-30-25(36)23-24(27)29-13-21(26)32-23;;/h5-6,11-13,15,18,28H,3-4,7-10,14H2,1-2H3,(H2-,27,29,30,36);2*1H. The highest BCUT2D eigenvalue weighted by atomic mass is 127. The second-order valence-corrected chi connectivity index (χ2v) is 9.72. The molecule has 0 atom stereocenters. The van der Waals surface area contributed by atoms with Crippen LogP contribution in [0, 0.1) is 0 Å². The van der Waals surface area contributed by atoms with E-state index in [-0.39, 0.29) is 53.8 Å². The third-order valence-electron chi connectivity index (χ3n) is 6.82.